The molecule has 0 heterocycles. The Bertz CT molecular complexity index is 642. The molecule has 0 saturated heterocycles. The van der Waals surface area contributed by atoms with E-state index < -0.39 is 0 Å². The third-order valence-electron chi connectivity index (χ3n) is 3.21. The minimum Gasteiger partial charge on any atom is -0.489 e. The van der Waals surface area contributed by atoms with Gasteiger partial charge in [-0.15, -0.1) is 0 Å². The third-order valence-corrected chi connectivity index (χ3v) is 3.21. The molecule has 0 aliphatic rings. The molecule has 0 spiro atoms. The zero-order chi connectivity index (χ0) is 13.6. The quantitative estimate of drug-likeness (QED) is 0.646. The molecule has 0 aromatic heterocycles. The largest absolute Gasteiger partial charge is 0.489 e. The van der Waals surface area contributed by atoms with Gasteiger partial charge >= 0.3 is 0 Å². The van der Waals surface area contributed by atoms with Crippen molar-refractivity contribution in [2.45, 2.75) is 6.61 Å². The highest BCUT2D eigenvalue weighted by atomic mass is 16.5. The summed E-state index contributed by atoms with van der Waals surface area (Å²) >= 11 is 0. The second-order valence-electron chi connectivity index (χ2n) is 4.66. The van der Waals surface area contributed by atoms with Crippen LogP contribution in [0.25, 0.3) is 11.1 Å². The SMILES string of the molecule is c1ccc(OCc2ccc(-c3ccccc3)cc2)cc1. The van der Waals surface area contributed by atoms with Gasteiger partial charge in [0.1, 0.15) is 12.4 Å². The van der Waals surface area contributed by atoms with Crippen LogP contribution >= 0.6 is 0 Å². The average Bonchev–Trinajstić information content (AvgIpc) is 2.55. The Balaban J connectivity index is 1.68. The summed E-state index contributed by atoms with van der Waals surface area (Å²) in [6.45, 7) is 0.596. The molecule has 0 aliphatic heterocycles. The lowest BCUT2D eigenvalue weighted by Gasteiger charge is -2.07. The van der Waals surface area contributed by atoms with Crippen LogP contribution in [0.1, 0.15) is 5.56 Å². The Morgan fingerprint density at radius 2 is 1.10 bits per heavy atom. The van der Waals surface area contributed by atoms with Crippen molar-refractivity contribution in [1.29, 1.82) is 0 Å². The van der Waals surface area contributed by atoms with Crippen LogP contribution in [-0.2, 0) is 6.61 Å². The molecule has 98 valence electrons. The van der Waals surface area contributed by atoms with E-state index >= 15 is 0 Å². The van der Waals surface area contributed by atoms with Crippen molar-refractivity contribution in [3.05, 3.63) is 90.5 Å². The standard InChI is InChI=1S/C19H16O/c1-3-7-17(8-4-1)18-13-11-16(12-14-18)15-20-19-9-5-2-6-10-19/h1-14H,15H2. The number of hydrogen-bond donors (Lipinski definition) is 0. The predicted molar refractivity (Wildman–Crippen MR) is 82.7 cm³/mol. The lowest BCUT2D eigenvalue weighted by Crippen LogP contribution is -1.94. The van der Waals surface area contributed by atoms with Crippen molar-refractivity contribution >= 4 is 0 Å². The van der Waals surface area contributed by atoms with Gasteiger partial charge in [-0.2, -0.15) is 0 Å². The summed E-state index contributed by atoms with van der Waals surface area (Å²) in [5.74, 6) is 0.902. The third kappa shape index (κ3) is 3.07. The number of para-hydroxylation sites is 1. The highest BCUT2D eigenvalue weighted by Gasteiger charge is 1.98. The first-order valence-corrected chi connectivity index (χ1v) is 6.74. The molecule has 0 radical (unpaired) electrons. The Morgan fingerprint density at radius 1 is 0.550 bits per heavy atom. The molecule has 0 atom stereocenters. The molecule has 1 heteroatoms. The molecular formula is C19H16O. The Kier molecular flexibility index (Phi) is 3.79. The molecule has 3 rings (SSSR count). The van der Waals surface area contributed by atoms with Crippen LogP contribution in [0, 0.1) is 0 Å². The minimum absolute atomic E-state index is 0.596. The van der Waals surface area contributed by atoms with Crippen molar-refractivity contribution in [2.75, 3.05) is 0 Å². The van der Waals surface area contributed by atoms with Crippen LogP contribution in [-0.4, -0.2) is 0 Å². The lowest BCUT2D eigenvalue weighted by atomic mass is 10.0. The van der Waals surface area contributed by atoms with Crippen molar-refractivity contribution in [3.63, 3.8) is 0 Å². The van der Waals surface area contributed by atoms with Gasteiger partial charge in [-0.3, -0.25) is 0 Å². The van der Waals surface area contributed by atoms with Crippen LogP contribution < -0.4 is 4.74 Å². The Hall–Kier alpha value is -2.54. The fraction of sp³-hybridized carbons (Fsp3) is 0.0526. The summed E-state index contributed by atoms with van der Waals surface area (Å²) in [6.07, 6.45) is 0. The van der Waals surface area contributed by atoms with E-state index in [1.165, 1.54) is 16.7 Å². The summed E-state index contributed by atoms with van der Waals surface area (Å²) in [4.78, 5) is 0. The molecule has 1 nitrogen and oxygen atoms in total. The van der Waals surface area contributed by atoms with E-state index in [9.17, 15) is 0 Å². The maximum absolute atomic E-state index is 5.74. The number of hydrogen-bond acceptors (Lipinski definition) is 1. The van der Waals surface area contributed by atoms with Crippen LogP contribution in [0.2, 0.25) is 0 Å². The van der Waals surface area contributed by atoms with E-state index in [2.05, 4.69) is 48.5 Å². The maximum Gasteiger partial charge on any atom is 0.119 e. The van der Waals surface area contributed by atoms with Crippen LogP contribution in [0.3, 0.4) is 0 Å². The van der Waals surface area contributed by atoms with Crippen molar-refractivity contribution < 1.29 is 4.74 Å². The van der Waals surface area contributed by atoms with Crippen molar-refractivity contribution in [2.24, 2.45) is 0 Å². The van der Waals surface area contributed by atoms with E-state index in [0.29, 0.717) is 6.61 Å². The van der Waals surface area contributed by atoms with E-state index in [1.807, 2.05) is 36.4 Å². The Labute approximate surface area is 119 Å². The zero-order valence-corrected chi connectivity index (χ0v) is 11.2. The van der Waals surface area contributed by atoms with E-state index in [1.54, 1.807) is 0 Å². The molecule has 0 bridgehead atoms. The molecular weight excluding hydrogens is 244 g/mol. The molecule has 3 aromatic carbocycles. The lowest BCUT2D eigenvalue weighted by molar-refractivity contribution is 0.306. The molecule has 0 N–H and O–H groups in total. The summed E-state index contributed by atoms with van der Waals surface area (Å²) in [7, 11) is 0. The van der Waals surface area contributed by atoms with Gasteiger partial charge in [-0.25, -0.2) is 0 Å². The number of rotatable bonds is 4. The van der Waals surface area contributed by atoms with Gasteiger partial charge in [0.05, 0.1) is 0 Å². The Morgan fingerprint density at radius 3 is 1.75 bits per heavy atom. The second kappa shape index (κ2) is 6.07. The molecule has 0 saturated carbocycles. The van der Waals surface area contributed by atoms with Crippen LogP contribution in [0.4, 0.5) is 0 Å². The normalized spacial score (nSPS) is 10.2. The van der Waals surface area contributed by atoms with E-state index in [4.69, 9.17) is 4.74 Å². The van der Waals surface area contributed by atoms with Crippen molar-refractivity contribution in [1.82, 2.24) is 0 Å². The molecule has 0 amide bonds. The zero-order valence-electron chi connectivity index (χ0n) is 11.2. The van der Waals surface area contributed by atoms with E-state index in [-0.39, 0.29) is 0 Å². The maximum atomic E-state index is 5.74. The molecule has 0 aliphatic carbocycles. The van der Waals surface area contributed by atoms with Gasteiger partial charge in [0, 0.05) is 0 Å². The summed E-state index contributed by atoms with van der Waals surface area (Å²) in [5.41, 5.74) is 3.64. The highest BCUT2D eigenvalue weighted by Crippen LogP contribution is 2.20. The first kappa shape index (κ1) is 12.5. The second-order valence-corrected chi connectivity index (χ2v) is 4.66. The van der Waals surface area contributed by atoms with E-state index in [0.717, 1.165) is 5.75 Å². The van der Waals surface area contributed by atoms with Crippen LogP contribution in [0.15, 0.2) is 84.9 Å². The van der Waals surface area contributed by atoms with Gasteiger partial charge in [0.2, 0.25) is 0 Å². The van der Waals surface area contributed by atoms with Crippen LogP contribution in [0.5, 0.6) is 5.75 Å². The van der Waals surface area contributed by atoms with Gasteiger partial charge in [-0.05, 0) is 28.8 Å². The van der Waals surface area contributed by atoms with Gasteiger partial charge in [0.25, 0.3) is 0 Å². The monoisotopic (exact) mass is 260 g/mol. The molecule has 0 unspecified atom stereocenters. The minimum atomic E-state index is 0.596. The number of ether oxygens (including phenoxy) is 1. The molecule has 0 fully saturated rings. The van der Waals surface area contributed by atoms with Gasteiger partial charge in [-0.1, -0.05) is 72.8 Å². The average molecular weight is 260 g/mol. The summed E-state index contributed by atoms with van der Waals surface area (Å²) in [5, 5.41) is 0. The first-order valence-electron chi connectivity index (χ1n) is 6.74. The highest BCUT2D eigenvalue weighted by molar-refractivity contribution is 5.63. The topological polar surface area (TPSA) is 9.23 Å². The first-order chi connectivity index (χ1) is 9.92. The van der Waals surface area contributed by atoms with Gasteiger partial charge in [0.15, 0.2) is 0 Å². The van der Waals surface area contributed by atoms with Gasteiger partial charge < -0.3 is 4.74 Å². The smallest absolute Gasteiger partial charge is 0.119 e. The number of benzene rings is 3. The fourth-order valence-corrected chi connectivity index (χ4v) is 2.11. The van der Waals surface area contributed by atoms with Crippen molar-refractivity contribution in [3.8, 4) is 16.9 Å². The molecule has 20 heavy (non-hydrogen) atoms. The summed E-state index contributed by atoms with van der Waals surface area (Å²) in [6, 6.07) is 28.8. The predicted octanol–water partition coefficient (Wildman–Crippen LogP) is 4.93. The summed E-state index contributed by atoms with van der Waals surface area (Å²) < 4.78 is 5.74. The molecule has 3 aromatic rings. The fourth-order valence-electron chi connectivity index (χ4n) is 2.11.